The van der Waals surface area contributed by atoms with Crippen molar-refractivity contribution < 1.29 is 4.74 Å². The average molecular weight is 313 g/mol. The Morgan fingerprint density at radius 3 is 2.91 bits per heavy atom. The Kier molecular flexibility index (Phi) is 4.38. The number of H-pyrrole nitrogens is 1. The van der Waals surface area contributed by atoms with Crippen LogP contribution in [-0.4, -0.2) is 42.9 Å². The van der Waals surface area contributed by atoms with Gasteiger partial charge in [-0.15, -0.1) is 0 Å². The van der Waals surface area contributed by atoms with Crippen LogP contribution in [0.1, 0.15) is 31.2 Å². The van der Waals surface area contributed by atoms with E-state index in [1.165, 1.54) is 42.1 Å². The summed E-state index contributed by atoms with van der Waals surface area (Å²) in [6.45, 7) is 6.10. The Morgan fingerprint density at radius 2 is 2.00 bits per heavy atom. The third-order valence-electron chi connectivity index (χ3n) is 5.60. The van der Waals surface area contributed by atoms with Gasteiger partial charge < -0.3 is 15.0 Å². The molecular formula is C19H27N3O. The number of aromatic nitrogens is 1. The van der Waals surface area contributed by atoms with E-state index in [2.05, 4.69) is 45.7 Å². The lowest BCUT2D eigenvalue weighted by atomic mass is 9.76. The molecule has 23 heavy (non-hydrogen) atoms. The maximum Gasteiger partial charge on any atom is 0.0993 e. The van der Waals surface area contributed by atoms with Crippen LogP contribution in [0.4, 0.5) is 0 Å². The third kappa shape index (κ3) is 3.30. The molecule has 0 aliphatic carbocycles. The molecule has 2 N–H and O–H groups in total. The van der Waals surface area contributed by atoms with Gasteiger partial charge >= 0.3 is 0 Å². The minimum atomic E-state index is 0.443. The van der Waals surface area contributed by atoms with Gasteiger partial charge in [-0.1, -0.05) is 18.2 Å². The summed E-state index contributed by atoms with van der Waals surface area (Å²) >= 11 is 0. The molecule has 1 aromatic carbocycles. The maximum absolute atomic E-state index is 6.13. The van der Waals surface area contributed by atoms with Gasteiger partial charge in [0.25, 0.3) is 0 Å². The number of hydrogen-bond acceptors (Lipinski definition) is 3. The summed E-state index contributed by atoms with van der Waals surface area (Å²) in [6.07, 6.45) is 7.29. The van der Waals surface area contributed by atoms with Gasteiger partial charge in [-0.2, -0.15) is 0 Å². The van der Waals surface area contributed by atoms with Gasteiger partial charge in [0.15, 0.2) is 0 Å². The van der Waals surface area contributed by atoms with Crippen LogP contribution in [0.15, 0.2) is 30.5 Å². The van der Waals surface area contributed by atoms with Gasteiger partial charge in [-0.25, -0.2) is 0 Å². The zero-order valence-electron chi connectivity index (χ0n) is 13.8. The molecule has 124 valence electrons. The Bertz CT molecular complexity index is 633. The molecule has 4 heteroatoms. The van der Waals surface area contributed by atoms with E-state index < -0.39 is 0 Å². The first-order valence-electron chi connectivity index (χ1n) is 8.91. The number of piperidine rings is 1. The summed E-state index contributed by atoms with van der Waals surface area (Å²) in [6, 6.07) is 8.55. The lowest BCUT2D eigenvalue weighted by Crippen LogP contribution is -2.43. The predicted molar refractivity (Wildman–Crippen MR) is 93.3 cm³/mol. The van der Waals surface area contributed by atoms with Crippen molar-refractivity contribution in [2.24, 2.45) is 5.41 Å². The lowest BCUT2D eigenvalue weighted by molar-refractivity contribution is -0.0543. The van der Waals surface area contributed by atoms with E-state index in [1.807, 2.05) is 0 Å². The van der Waals surface area contributed by atoms with Gasteiger partial charge in [0.05, 0.1) is 13.3 Å². The second-order valence-electron chi connectivity index (χ2n) is 7.24. The van der Waals surface area contributed by atoms with Crippen LogP contribution >= 0.6 is 0 Å². The molecule has 4 nitrogen and oxygen atoms in total. The molecule has 0 saturated carbocycles. The Balaban J connectivity index is 1.39. The number of nitrogens with one attached hydrogen (secondary N) is 2. The number of aromatic amines is 1. The van der Waals surface area contributed by atoms with Gasteiger partial charge in [0.1, 0.15) is 0 Å². The summed E-state index contributed by atoms with van der Waals surface area (Å²) in [5, 5.41) is 4.82. The van der Waals surface area contributed by atoms with Crippen LogP contribution in [0.3, 0.4) is 0 Å². The van der Waals surface area contributed by atoms with E-state index in [1.54, 1.807) is 0 Å². The van der Waals surface area contributed by atoms with Crippen LogP contribution < -0.4 is 5.32 Å². The number of nitrogens with zero attached hydrogens (tertiary/aromatic N) is 1. The van der Waals surface area contributed by atoms with Crippen molar-refractivity contribution in [1.82, 2.24) is 15.2 Å². The SMILES string of the molecule is c1ccc2c(CN3CCCC4(CCNCC4)COC3)c[nH]c2c1. The largest absolute Gasteiger partial charge is 0.365 e. The normalized spacial score (nSPS) is 23.0. The van der Waals surface area contributed by atoms with Gasteiger partial charge in [-0.3, -0.25) is 4.90 Å². The van der Waals surface area contributed by atoms with Crippen molar-refractivity contribution in [1.29, 1.82) is 0 Å². The van der Waals surface area contributed by atoms with Gasteiger partial charge in [0.2, 0.25) is 0 Å². The molecule has 0 unspecified atom stereocenters. The minimum Gasteiger partial charge on any atom is -0.365 e. The molecule has 1 spiro atoms. The number of fused-ring (bicyclic) bond motifs is 1. The molecule has 2 saturated heterocycles. The summed E-state index contributed by atoms with van der Waals surface area (Å²) < 4.78 is 6.13. The molecule has 3 heterocycles. The minimum absolute atomic E-state index is 0.443. The van der Waals surface area contributed by atoms with E-state index in [0.717, 1.165) is 39.5 Å². The molecule has 4 rings (SSSR count). The highest BCUT2D eigenvalue weighted by Gasteiger charge is 2.33. The summed E-state index contributed by atoms with van der Waals surface area (Å²) in [5.74, 6) is 0. The molecule has 1 aromatic heterocycles. The molecule has 2 aliphatic heterocycles. The molecule has 2 aliphatic rings. The van der Waals surface area contributed by atoms with Crippen molar-refractivity contribution in [3.05, 3.63) is 36.0 Å². The van der Waals surface area contributed by atoms with Crippen molar-refractivity contribution in [2.45, 2.75) is 32.2 Å². The summed E-state index contributed by atoms with van der Waals surface area (Å²) in [4.78, 5) is 5.83. The molecule has 2 fully saturated rings. The van der Waals surface area contributed by atoms with E-state index in [-0.39, 0.29) is 0 Å². The first-order valence-corrected chi connectivity index (χ1v) is 8.91. The van der Waals surface area contributed by atoms with Crippen LogP contribution in [0.2, 0.25) is 0 Å². The van der Waals surface area contributed by atoms with E-state index >= 15 is 0 Å². The number of benzene rings is 1. The first kappa shape index (κ1) is 15.2. The first-order chi connectivity index (χ1) is 11.3. The molecule has 0 amide bonds. The van der Waals surface area contributed by atoms with Crippen molar-refractivity contribution in [3.63, 3.8) is 0 Å². The van der Waals surface area contributed by atoms with Crippen LogP contribution in [0.5, 0.6) is 0 Å². The number of ether oxygens (including phenoxy) is 1. The fraction of sp³-hybridized carbons (Fsp3) is 0.579. The zero-order valence-corrected chi connectivity index (χ0v) is 13.8. The Morgan fingerprint density at radius 1 is 1.13 bits per heavy atom. The van der Waals surface area contributed by atoms with Crippen molar-refractivity contribution in [3.8, 4) is 0 Å². The second kappa shape index (κ2) is 6.63. The highest BCUT2D eigenvalue weighted by molar-refractivity contribution is 5.82. The standard InChI is InChI=1S/C19H27N3O/c1-2-5-18-17(4-1)16(12-21-18)13-22-11-3-6-19(14-23-15-22)7-9-20-10-8-19/h1-2,4-5,12,20-21H,3,6-11,13-15H2. The molecule has 0 atom stereocenters. The summed E-state index contributed by atoms with van der Waals surface area (Å²) in [7, 11) is 0. The number of rotatable bonds is 2. The molecule has 2 aromatic rings. The van der Waals surface area contributed by atoms with Gasteiger partial charge in [-0.05, 0) is 55.8 Å². The van der Waals surface area contributed by atoms with Crippen molar-refractivity contribution in [2.75, 3.05) is 33.0 Å². The zero-order chi connectivity index (χ0) is 15.5. The monoisotopic (exact) mass is 313 g/mol. The molecule has 0 bridgehead atoms. The van der Waals surface area contributed by atoms with Crippen LogP contribution in [0.25, 0.3) is 10.9 Å². The lowest BCUT2D eigenvalue weighted by Gasteiger charge is -2.40. The molecular weight excluding hydrogens is 286 g/mol. The number of hydrogen-bond donors (Lipinski definition) is 2. The van der Waals surface area contributed by atoms with E-state index in [0.29, 0.717) is 5.41 Å². The Hall–Kier alpha value is -1.36. The fourth-order valence-electron chi connectivity index (χ4n) is 4.19. The highest BCUT2D eigenvalue weighted by Crippen LogP contribution is 2.35. The van der Waals surface area contributed by atoms with Crippen molar-refractivity contribution >= 4 is 10.9 Å². The van der Waals surface area contributed by atoms with Crippen LogP contribution in [0, 0.1) is 5.41 Å². The van der Waals surface area contributed by atoms with E-state index in [9.17, 15) is 0 Å². The molecule has 0 radical (unpaired) electrons. The number of para-hydroxylation sites is 1. The van der Waals surface area contributed by atoms with Crippen LogP contribution in [-0.2, 0) is 11.3 Å². The second-order valence-corrected chi connectivity index (χ2v) is 7.24. The average Bonchev–Trinajstić information content (AvgIpc) is 2.97. The van der Waals surface area contributed by atoms with E-state index in [4.69, 9.17) is 4.74 Å². The van der Waals surface area contributed by atoms with Gasteiger partial charge in [0, 0.05) is 30.2 Å². The Labute approximate surface area is 138 Å². The fourth-order valence-corrected chi connectivity index (χ4v) is 4.19. The topological polar surface area (TPSA) is 40.3 Å². The predicted octanol–water partition coefficient (Wildman–Crippen LogP) is 3.11. The highest BCUT2D eigenvalue weighted by atomic mass is 16.5. The summed E-state index contributed by atoms with van der Waals surface area (Å²) in [5.41, 5.74) is 3.04. The quantitative estimate of drug-likeness (QED) is 0.895. The smallest absolute Gasteiger partial charge is 0.0993 e. The third-order valence-corrected chi connectivity index (χ3v) is 5.60. The maximum atomic E-state index is 6.13.